The molecule has 0 fully saturated rings. The van der Waals surface area contributed by atoms with Gasteiger partial charge in [-0.1, -0.05) is 25.1 Å². The summed E-state index contributed by atoms with van der Waals surface area (Å²) in [4.78, 5) is 11.2. The Morgan fingerprint density at radius 3 is 2.78 bits per heavy atom. The number of anilines is 1. The van der Waals surface area contributed by atoms with Crippen molar-refractivity contribution in [3.05, 3.63) is 29.8 Å². The van der Waals surface area contributed by atoms with Gasteiger partial charge in [-0.2, -0.15) is 13.1 Å². The summed E-state index contributed by atoms with van der Waals surface area (Å²) in [7, 11) is -3.82. The predicted molar refractivity (Wildman–Crippen MR) is 66.6 cm³/mol. The monoisotopic (exact) mass is 270 g/mol. The highest BCUT2D eigenvalue weighted by Crippen LogP contribution is 2.33. The van der Waals surface area contributed by atoms with Gasteiger partial charge < -0.3 is 5.11 Å². The fourth-order valence-corrected chi connectivity index (χ4v) is 3.53. The molecule has 1 aromatic rings. The molecule has 1 aliphatic heterocycles. The SMILES string of the molecule is CCNS(=O)(=O)N1c2ccccc2C[C@H]1C(=O)O. The zero-order valence-corrected chi connectivity index (χ0v) is 10.6. The second-order valence-electron chi connectivity index (χ2n) is 3.99. The predicted octanol–water partition coefficient (Wildman–Crippen LogP) is 0.357. The highest BCUT2D eigenvalue weighted by Gasteiger charge is 2.41. The molecule has 98 valence electrons. The molecule has 1 aliphatic rings. The Balaban J connectivity index is 2.50. The average molecular weight is 270 g/mol. The summed E-state index contributed by atoms with van der Waals surface area (Å²) >= 11 is 0. The molecule has 0 aliphatic carbocycles. The van der Waals surface area contributed by atoms with Crippen LogP contribution in [0.1, 0.15) is 12.5 Å². The zero-order chi connectivity index (χ0) is 13.3. The van der Waals surface area contributed by atoms with E-state index in [-0.39, 0.29) is 13.0 Å². The summed E-state index contributed by atoms with van der Waals surface area (Å²) < 4.78 is 27.4. The first-order valence-corrected chi connectivity index (χ1v) is 7.01. The van der Waals surface area contributed by atoms with Gasteiger partial charge in [0.25, 0.3) is 0 Å². The van der Waals surface area contributed by atoms with E-state index in [1.165, 1.54) is 0 Å². The van der Waals surface area contributed by atoms with Gasteiger partial charge in [0.1, 0.15) is 6.04 Å². The standard InChI is InChI=1S/C11H14N2O4S/c1-2-12-18(16,17)13-9-6-4-3-5-8(9)7-10(13)11(14)15/h3-6,10,12H,2,7H2,1H3,(H,14,15)/t10-/m0/s1. The lowest BCUT2D eigenvalue weighted by Crippen LogP contribution is -2.48. The number of hydrogen-bond donors (Lipinski definition) is 2. The van der Waals surface area contributed by atoms with Gasteiger partial charge in [0.15, 0.2) is 0 Å². The van der Waals surface area contributed by atoms with E-state index in [0.29, 0.717) is 5.69 Å². The molecule has 0 saturated carbocycles. The van der Waals surface area contributed by atoms with Gasteiger partial charge in [0.2, 0.25) is 0 Å². The number of carboxylic acids is 1. The second kappa shape index (κ2) is 4.58. The minimum atomic E-state index is -3.82. The van der Waals surface area contributed by atoms with Crippen molar-refractivity contribution in [1.82, 2.24) is 4.72 Å². The molecule has 0 bridgehead atoms. The van der Waals surface area contributed by atoms with Gasteiger partial charge in [-0.25, -0.2) is 9.10 Å². The van der Waals surface area contributed by atoms with Gasteiger partial charge in [-0.05, 0) is 11.6 Å². The van der Waals surface area contributed by atoms with Crippen molar-refractivity contribution >= 4 is 21.9 Å². The van der Waals surface area contributed by atoms with E-state index in [0.717, 1.165) is 9.87 Å². The third kappa shape index (κ3) is 2.06. The number of benzene rings is 1. The summed E-state index contributed by atoms with van der Waals surface area (Å²) in [5.41, 5.74) is 1.16. The maximum absolute atomic E-state index is 12.1. The number of aliphatic carboxylic acids is 1. The van der Waals surface area contributed by atoms with Crippen molar-refractivity contribution in [3.8, 4) is 0 Å². The van der Waals surface area contributed by atoms with Gasteiger partial charge >= 0.3 is 16.2 Å². The third-order valence-electron chi connectivity index (χ3n) is 2.80. The number of hydrogen-bond acceptors (Lipinski definition) is 3. The molecule has 0 aromatic heterocycles. The van der Waals surface area contributed by atoms with Crippen molar-refractivity contribution < 1.29 is 18.3 Å². The summed E-state index contributed by atoms with van der Waals surface area (Å²) in [5.74, 6) is -1.15. The molecule has 18 heavy (non-hydrogen) atoms. The van der Waals surface area contributed by atoms with E-state index in [9.17, 15) is 13.2 Å². The van der Waals surface area contributed by atoms with Gasteiger partial charge in [0, 0.05) is 13.0 Å². The third-order valence-corrected chi connectivity index (χ3v) is 4.42. The Morgan fingerprint density at radius 1 is 1.50 bits per heavy atom. The number of rotatable bonds is 4. The Hall–Kier alpha value is -1.60. The molecule has 1 atom stereocenters. The first-order valence-electron chi connectivity index (χ1n) is 5.57. The van der Waals surface area contributed by atoms with E-state index in [1.54, 1.807) is 31.2 Å². The molecule has 2 N–H and O–H groups in total. The van der Waals surface area contributed by atoms with E-state index in [2.05, 4.69) is 4.72 Å². The summed E-state index contributed by atoms with van der Waals surface area (Å²) in [6, 6.07) is 5.74. The average Bonchev–Trinajstić information content (AvgIpc) is 2.68. The van der Waals surface area contributed by atoms with Gasteiger partial charge in [-0.15, -0.1) is 0 Å². The lowest BCUT2D eigenvalue weighted by molar-refractivity contribution is -0.138. The topological polar surface area (TPSA) is 86.7 Å². The highest BCUT2D eigenvalue weighted by atomic mass is 32.2. The van der Waals surface area contributed by atoms with Crippen LogP contribution in [-0.2, 0) is 21.4 Å². The molecule has 0 spiro atoms. The van der Waals surface area contributed by atoms with Crippen LogP contribution >= 0.6 is 0 Å². The van der Waals surface area contributed by atoms with Crippen molar-refractivity contribution in [2.45, 2.75) is 19.4 Å². The van der Waals surface area contributed by atoms with Gasteiger partial charge in [-0.3, -0.25) is 0 Å². The molecule has 0 amide bonds. The fourth-order valence-electron chi connectivity index (χ4n) is 2.09. The lowest BCUT2D eigenvalue weighted by atomic mass is 10.1. The highest BCUT2D eigenvalue weighted by molar-refractivity contribution is 7.91. The van der Waals surface area contributed by atoms with E-state index in [1.807, 2.05) is 0 Å². The van der Waals surface area contributed by atoms with Crippen LogP contribution in [0.4, 0.5) is 5.69 Å². The Morgan fingerprint density at radius 2 is 2.17 bits per heavy atom. The first kappa shape index (κ1) is 12.8. The Labute approximate surface area is 105 Å². The van der Waals surface area contributed by atoms with E-state index < -0.39 is 22.2 Å². The smallest absolute Gasteiger partial charge is 0.327 e. The molecule has 1 aromatic carbocycles. The molecule has 6 nitrogen and oxygen atoms in total. The van der Waals surface area contributed by atoms with E-state index >= 15 is 0 Å². The Bertz CT molecular complexity index is 570. The van der Waals surface area contributed by atoms with Crippen LogP contribution in [0, 0.1) is 0 Å². The number of fused-ring (bicyclic) bond motifs is 1. The molecule has 7 heteroatoms. The number of carbonyl (C=O) groups is 1. The summed E-state index contributed by atoms with van der Waals surface area (Å²) in [5, 5.41) is 9.15. The quantitative estimate of drug-likeness (QED) is 0.827. The summed E-state index contributed by atoms with van der Waals surface area (Å²) in [6.45, 7) is 1.86. The minimum Gasteiger partial charge on any atom is -0.480 e. The lowest BCUT2D eigenvalue weighted by Gasteiger charge is -2.23. The number of nitrogens with one attached hydrogen (secondary N) is 1. The van der Waals surface area contributed by atoms with Crippen molar-refractivity contribution in [1.29, 1.82) is 0 Å². The molecule has 0 saturated heterocycles. The number of nitrogens with zero attached hydrogens (tertiary/aromatic N) is 1. The maximum atomic E-state index is 12.1. The second-order valence-corrected chi connectivity index (χ2v) is 5.62. The van der Waals surface area contributed by atoms with Crippen LogP contribution in [-0.4, -0.2) is 32.1 Å². The van der Waals surface area contributed by atoms with Crippen LogP contribution in [0.25, 0.3) is 0 Å². The number of para-hydroxylation sites is 1. The molecule has 1 heterocycles. The molecular weight excluding hydrogens is 256 g/mol. The van der Waals surface area contributed by atoms with Crippen LogP contribution in [0.5, 0.6) is 0 Å². The van der Waals surface area contributed by atoms with Crippen LogP contribution in [0.2, 0.25) is 0 Å². The molecule has 0 radical (unpaired) electrons. The van der Waals surface area contributed by atoms with Crippen molar-refractivity contribution in [2.24, 2.45) is 0 Å². The van der Waals surface area contributed by atoms with Crippen molar-refractivity contribution in [2.75, 3.05) is 10.8 Å². The van der Waals surface area contributed by atoms with Crippen LogP contribution in [0.3, 0.4) is 0 Å². The molecule has 0 unspecified atom stereocenters. The van der Waals surface area contributed by atoms with Crippen LogP contribution < -0.4 is 9.03 Å². The molecular formula is C11H14N2O4S. The van der Waals surface area contributed by atoms with Crippen molar-refractivity contribution in [3.63, 3.8) is 0 Å². The summed E-state index contributed by atoms with van der Waals surface area (Å²) in [6.07, 6.45) is 0.191. The van der Waals surface area contributed by atoms with E-state index in [4.69, 9.17) is 5.11 Å². The molecule has 2 rings (SSSR count). The van der Waals surface area contributed by atoms with Crippen LogP contribution in [0.15, 0.2) is 24.3 Å². The minimum absolute atomic E-state index is 0.191. The zero-order valence-electron chi connectivity index (χ0n) is 9.83. The van der Waals surface area contributed by atoms with Gasteiger partial charge in [0.05, 0.1) is 5.69 Å². The Kier molecular flexibility index (Phi) is 3.27. The largest absolute Gasteiger partial charge is 0.480 e. The normalized spacial score (nSPS) is 18.7. The maximum Gasteiger partial charge on any atom is 0.327 e. The number of carboxylic acid groups (broad SMARTS) is 1. The first-order chi connectivity index (χ1) is 8.47. The fraction of sp³-hybridized carbons (Fsp3) is 0.364.